The lowest BCUT2D eigenvalue weighted by atomic mass is 10.1. The number of nitrogens with one attached hydrogen (secondary N) is 2. The van der Waals surface area contributed by atoms with Gasteiger partial charge in [-0.1, -0.05) is 11.6 Å². The summed E-state index contributed by atoms with van der Waals surface area (Å²) in [5.41, 5.74) is 0.573. The smallest absolute Gasteiger partial charge is 0.348 e. The number of halogens is 1. The molecule has 0 radical (unpaired) electrons. The number of amides is 2. The van der Waals surface area contributed by atoms with Crippen molar-refractivity contribution in [3.05, 3.63) is 50.9 Å². The van der Waals surface area contributed by atoms with Crippen molar-refractivity contribution in [3.8, 4) is 0 Å². The molecule has 2 rings (SSSR count). The molecule has 0 bridgehead atoms. The molecule has 0 spiro atoms. The molecular formula is C20H19ClN2O8S. The molecule has 170 valence electrons. The molecule has 0 aliphatic carbocycles. The lowest BCUT2D eigenvalue weighted by Crippen LogP contribution is -2.32. The molecule has 0 unspecified atom stereocenters. The predicted octanol–water partition coefficient (Wildman–Crippen LogP) is 2.19. The topological polar surface area (TPSA) is 137 Å². The van der Waals surface area contributed by atoms with E-state index in [0.29, 0.717) is 10.6 Å². The number of esters is 3. The van der Waals surface area contributed by atoms with Gasteiger partial charge in [-0.2, -0.15) is 0 Å². The van der Waals surface area contributed by atoms with Crippen LogP contribution in [0.15, 0.2) is 24.3 Å². The largest absolute Gasteiger partial charge is 0.465 e. The second-order valence-corrected chi connectivity index (χ2v) is 7.60. The van der Waals surface area contributed by atoms with Crippen LogP contribution in [0, 0.1) is 6.92 Å². The molecule has 2 aromatic rings. The van der Waals surface area contributed by atoms with Crippen molar-refractivity contribution < 1.29 is 38.2 Å². The van der Waals surface area contributed by atoms with Gasteiger partial charge in [-0.25, -0.2) is 9.59 Å². The van der Waals surface area contributed by atoms with Crippen molar-refractivity contribution in [1.82, 2.24) is 5.32 Å². The van der Waals surface area contributed by atoms with Gasteiger partial charge in [0.2, 0.25) is 0 Å². The van der Waals surface area contributed by atoms with Crippen molar-refractivity contribution in [1.29, 1.82) is 0 Å². The molecule has 0 saturated heterocycles. The van der Waals surface area contributed by atoms with Crippen LogP contribution < -0.4 is 10.6 Å². The van der Waals surface area contributed by atoms with Gasteiger partial charge in [0, 0.05) is 10.6 Å². The van der Waals surface area contributed by atoms with E-state index in [9.17, 15) is 24.0 Å². The summed E-state index contributed by atoms with van der Waals surface area (Å²) in [6, 6.07) is 6.03. The summed E-state index contributed by atoms with van der Waals surface area (Å²) in [5.74, 6) is -3.57. The van der Waals surface area contributed by atoms with E-state index in [0.717, 1.165) is 18.4 Å². The zero-order valence-corrected chi connectivity index (χ0v) is 18.8. The monoisotopic (exact) mass is 482 g/mol. The maximum absolute atomic E-state index is 12.2. The third-order valence-corrected chi connectivity index (χ3v) is 5.46. The Morgan fingerprint density at radius 3 is 2.22 bits per heavy atom. The van der Waals surface area contributed by atoms with E-state index < -0.39 is 42.9 Å². The van der Waals surface area contributed by atoms with Crippen LogP contribution in [0.1, 0.15) is 36.0 Å². The van der Waals surface area contributed by atoms with E-state index in [1.165, 1.54) is 38.3 Å². The minimum absolute atomic E-state index is 0.00666. The lowest BCUT2D eigenvalue weighted by Gasteiger charge is -2.08. The molecule has 1 aromatic carbocycles. The van der Waals surface area contributed by atoms with Crippen LogP contribution in [0.3, 0.4) is 0 Å². The average Bonchev–Trinajstić information content (AvgIpc) is 3.10. The maximum Gasteiger partial charge on any atom is 0.348 e. The van der Waals surface area contributed by atoms with E-state index in [-0.39, 0.29) is 21.0 Å². The number of methoxy groups -OCH3 is 2. The molecule has 0 atom stereocenters. The SMILES string of the molecule is COC(=O)c1sc(NC(=O)COC(=O)CNC(=O)c2ccc(Cl)cc2)c(C(=O)OC)c1C. The Kier molecular flexibility index (Phi) is 8.73. The number of ether oxygens (including phenoxy) is 3. The minimum atomic E-state index is -0.853. The summed E-state index contributed by atoms with van der Waals surface area (Å²) in [5, 5.41) is 5.27. The van der Waals surface area contributed by atoms with Crippen molar-refractivity contribution in [3.63, 3.8) is 0 Å². The highest BCUT2D eigenvalue weighted by atomic mass is 35.5. The van der Waals surface area contributed by atoms with Gasteiger partial charge in [-0.05, 0) is 36.8 Å². The van der Waals surface area contributed by atoms with Crippen LogP contribution in [0.4, 0.5) is 5.00 Å². The number of rotatable bonds is 8. The Balaban J connectivity index is 1.94. The third kappa shape index (κ3) is 6.28. The Morgan fingerprint density at radius 2 is 1.62 bits per heavy atom. The molecule has 0 aliphatic heterocycles. The van der Waals surface area contributed by atoms with Gasteiger partial charge >= 0.3 is 17.9 Å². The Bertz CT molecular complexity index is 1050. The van der Waals surface area contributed by atoms with Gasteiger partial charge in [0.15, 0.2) is 6.61 Å². The van der Waals surface area contributed by atoms with Crippen molar-refractivity contribution in [2.75, 3.05) is 32.7 Å². The van der Waals surface area contributed by atoms with Crippen molar-refractivity contribution >= 4 is 57.7 Å². The lowest BCUT2D eigenvalue weighted by molar-refractivity contribution is -0.146. The molecule has 2 N–H and O–H groups in total. The van der Waals surface area contributed by atoms with Crippen LogP contribution in [0.25, 0.3) is 0 Å². The highest BCUT2D eigenvalue weighted by molar-refractivity contribution is 7.18. The number of benzene rings is 1. The standard InChI is InChI=1S/C20H19ClN2O8S/c1-10-15(19(27)29-2)18(32-16(10)20(28)30-3)23-13(24)9-31-14(25)8-22-17(26)11-4-6-12(21)7-5-11/h4-7H,8-9H2,1-3H3,(H,22,26)(H,23,24). The number of thiophene rings is 1. The first-order chi connectivity index (χ1) is 15.2. The quantitative estimate of drug-likeness (QED) is 0.431. The second kappa shape index (κ2) is 11.3. The minimum Gasteiger partial charge on any atom is -0.465 e. The van der Waals surface area contributed by atoms with Gasteiger partial charge in [0.05, 0.1) is 19.8 Å². The van der Waals surface area contributed by atoms with Crippen molar-refractivity contribution in [2.45, 2.75) is 6.92 Å². The van der Waals surface area contributed by atoms with Crippen LogP contribution in [0.5, 0.6) is 0 Å². The van der Waals surface area contributed by atoms with Crippen LogP contribution in [-0.2, 0) is 23.8 Å². The average molecular weight is 483 g/mol. The first-order valence-corrected chi connectivity index (χ1v) is 10.2. The molecule has 0 aliphatic rings. The van der Waals surface area contributed by atoms with Gasteiger partial charge in [0.1, 0.15) is 16.4 Å². The molecule has 0 fully saturated rings. The van der Waals surface area contributed by atoms with Crippen LogP contribution in [-0.4, -0.2) is 57.1 Å². The fourth-order valence-corrected chi connectivity index (χ4v) is 3.71. The Labute approximate surface area is 191 Å². The normalized spacial score (nSPS) is 10.1. The third-order valence-electron chi connectivity index (χ3n) is 4.02. The first kappa shape index (κ1) is 24.8. The van der Waals surface area contributed by atoms with Crippen LogP contribution >= 0.6 is 22.9 Å². The zero-order valence-electron chi connectivity index (χ0n) is 17.3. The van der Waals surface area contributed by atoms with Gasteiger partial charge in [-0.15, -0.1) is 11.3 Å². The van der Waals surface area contributed by atoms with E-state index >= 15 is 0 Å². The number of hydrogen-bond acceptors (Lipinski definition) is 9. The summed E-state index contributed by atoms with van der Waals surface area (Å²) in [7, 11) is 2.34. The number of carbonyl (C=O) groups is 5. The van der Waals surface area contributed by atoms with Crippen molar-refractivity contribution in [2.24, 2.45) is 0 Å². The highest BCUT2D eigenvalue weighted by Crippen LogP contribution is 2.34. The summed E-state index contributed by atoms with van der Waals surface area (Å²) in [6.45, 7) is 0.363. The summed E-state index contributed by atoms with van der Waals surface area (Å²) in [6.07, 6.45) is 0. The number of anilines is 1. The summed E-state index contributed by atoms with van der Waals surface area (Å²) in [4.78, 5) is 60.0. The van der Waals surface area contributed by atoms with Crippen LogP contribution in [0.2, 0.25) is 5.02 Å². The summed E-state index contributed by atoms with van der Waals surface area (Å²) < 4.78 is 14.2. The summed E-state index contributed by atoms with van der Waals surface area (Å²) >= 11 is 6.57. The second-order valence-electron chi connectivity index (χ2n) is 6.14. The zero-order chi connectivity index (χ0) is 23.8. The van der Waals surface area contributed by atoms with Gasteiger partial charge in [0.25, 0.3) is 11.8 Å². The molecule has 1 heterocycles. The molecule has 32 heavy (non-hydrogen) atoms. The fraction of sp³-hybridized carbons (Fsp3) is 0.250. The number of hydrogen-bond donors (Lipinski definition) is 2. The Morgan fingerprint density at radius 1 is 1.00 bits per heavy atom. The molecule has 12 heteroatoms. The first-order valence-electron chi connectivity index (χ1n) is 8.97. The van der Waals surface area contributed by atoms with E-state index in [2.05, 4.69) is 15.4 Å². The molecule has 10 nitrogen and oxygen atoms in total. The predicted molar refractivity (Wildman–Crippen MR) is 115 cm³/mol. The molecular weight excluding hydrogens is 464 g/mol. The Hall–Kier alpha value is -3.44. The van der Waals surface area contributed by atoms with E-state index in [1.807, 2.05) is 0 Å². The van der Waals surface area contributed by atoms with E-state index in [1.54, 1.807) is 0 Å². The maximum atomic E-state index is 12.2. The van der Waals surface area contributed by atoms with E-state index in [4.69, 9.17) is 21.1 Å². The fourth-order valence-electron chi connectivity index (χ4n) is 2.45. The highest BCUT2D eigenvalue weighted by Gasteiger charge is 2.27. The molecule has 2 amide bonds. The molecule has 1 aromatic heterocycles. The van der Waals surface area contributed by atoms with Gasteiger partial charge in [-0.3, -0.25) is 14.4 Å². The number of carbonyl (C=O) groups excluding carboxylic acids is 5. The molecule has 0 saturated carbocycles. The van der Waals surface area contributed by atoms with Gasteiger partial charge < -0.3 is 24.8 Å².